The third-order valence-electron chi connectivity index (χ3n) is 5.45. The normalized spacial score (nSPS) is 14.2. The van der Waals surface area contributed by atoms with Crippen LogP contribution in [0, 0.1) is 0 Å². The van der Waals surface area contributed by atoms with Gasteiger partial charge in [-0.3, -0.25) is 19.3 Å². The molecule has 1 fully saturated rings. The maximum absolute atomic E-state index is 13.0. The van der Waals surface area contributed by atoms with Crippen molar-refractivity contribution in [3.8, 4) is 11.5 Å². The summed E-state index contributed by atoms with van der Waals surface area (Å²) < 4.78 is 12.4. The molecule has 11 heteroatoms. The van der Waals surface area contributed by atoms with Crippen LogP contribution in [0.2, 0.25) is 5.02 Å². The monoisotopic (exact) mass is 646 g/mol. The van der Waals surface area contributed by atoms with Gasteiger partial charge in [0.2, 0.25) is 5.91 Å². The van der Waals surface area contributed by atoms with Gasteiger partial charge in [0.05, 0.1) is 16.0 Å². The van der Waals surface area contributed by atoms with Crippen molar-refractivity contribution in [2.75, 3.05) is 24.7 Å². The number of nitrogens with one attached hydrogen (secondary N) is 1. The average molecular weight is 648 g/mol. The van der Waals surface area contributed by atoms with Crippen LogP contribution >= 0.6 is 51.1 Å². The van der Waals surface area contributed by atoms with Crippen molar-refractivity contribution in [1.82, 2.24) is 4.90 Å². The Morgan fingerprint density at radius 2 is 1.90 bits per heavy atom. The molecule has 0 unspecified atom stereocenters. The number of benzene rings is 3. The minimum absolute atomic E-state index is 0.210. The lowest BCUT2D eigenvalue weighted by Crippen LogP contribution is -2.36. The van der Waals surface area contributed by atoms with E-state index in [1.54, 1.807) is 48.2 Å². The minimum Gasteiger partial charge on any atom is -0.490 e. The van der Waals surface area contributed by atoms with Crippen LogP contribution in [-0.4, -0.2) is 41.4 Å². The van der Waals surface area contributed by atoms with Crippen molar-refractivity contribution in [2.45, 2.75) is 18.4 Å². The number of hydrogen-bond acceptors (Lipinski definition) is 7. The molecule has 4 rings (SSSR count). The summed E-state index contributed by atoms with van der Waals surface area (Å²) in [5.41, 5.74) is 2.17. The Hall–Kier alpha value is -2.92. The quantitative estimate of drug-likeness (QED) is 0.180. The van der Waals surface area contributed by atoms with Gasteiger partial charge in [0.15, 0.2) is 11.5 Å². The van der Waals surface area contributed by atoms with Gasteiger partial charge in [-0.2, -0.15) is 0 Å². The third kappa shape index (κ3) is 7.60. The van der Waals surface area contributed by atoms with E-state index >= 15 is 0 Å². The molecule has 1 aliphatic heterocycles. The van der Waals surface area contributed by atoms with Crippen molar-refractivity contribution in [3.63, 3.8) is 0 Å². The minimum atomic E-state index is -0.532. The highest BCUT2D eigenvalue weighted by Gasteiger charge is 2.36. The summed E-state index contributed by atoms with van der Waals surface area (Å²) in [7, 11) is 0. The zero-order chi connectivity index (χ0) is 27.9. The number of thioether (sulfide) groups is 2. The number of carbonyl (C=O) groups is 3. The SMILES string of the molecule is CCOc1cc(/C=C2/SC(=O)N(CC(=O)Nc3cccc(SC)c3)C2=O)cc(Br)c1OCc1ccc(Cl)cc1. The number of halogens is 2. The van der Waals surface area contributed by atoms with E-state index in [0.717, 1.165) is 27.1 Å². The molecule has 0 radical (unpaired) electrons. The summed E-state index contributed by atoms with van der Waals surface area (Å²) in [5, 5.41) is 2.88. The Morgan fingerprint density at radius 1 is 1.13 bits per heavy atom. The topological polar surface area (TPSA) is 84.9 Å². The molecular weight excluding hydrogens is 624 g/mol. The van der Waals surface area contributed by atoms with Gasteiger partial charge in [-0.1, -0.05) is 29.8 Å². The maximum atomic E-state index is 13.0. The van der Waals surface area contributed by atoms with E-state index in [1.807, 2.05) is 43.5 Å². The maximum Gasteiger partial charge on any atom is 0.294 e. The molecule has 0 saturated carbocycles. The summed E-state index contributed by atoms with van der Waals surface area (Å²) in [6.45, 7) is 2.19. The van der Waals surface area contributed by atoms with Crippen LogP contribution in [0.5, 0.6) is 11.5 Å². The van der Waals surface area contributed by atoms with Crippen LogP contribution in [0.15, 0.2) is 74.9 Å². The second-order valence-corrected chi connectivity index (χ2v) is 11.4. The highest BCUT2D eigenvalue weighted by atomic mass is 79.9. The standard InChI is InChI=1S/C28H24BrClN2O5S2/c1-3-36-23-12-18(11-22(29)26(23)37-16-17-7-9-19(30)10-8-17)13-24-27(34)32(28(35)39-24)15-25(33)31-20-5-4-6-21(14-20)38-2/h4-14H,3,15-16H2,1-2H3,(H,31,33)/b24-13+. The molecule has 0 aliphatic carbocycles. The third-order valence-corrected chi connectivity index (χ3v) is 7.93. The first kappa shape index (κ1) is 29.1. The van der Waals surface area contributed by atoms with Gasteiger partial charge in [-0.05, 0) is 101 Å². The molecule has 3 aromatic rings. The summed E-state index contributed by atoms with van der Waals surface area (Å²) in [6.07, 6.45) is 3.53. The van der Waals surface area contributed by atoms with Crippen LogP contribution in [0.25, 0.3) is 6.08 Å². The van der Waals surface area contributed by atoms with Crippen molar-refractivity contribution >= 4 is 79.9 Å². The summed E-state index contributed by atoms with van der Waals surface area (Å²) in [6, 6.07) is 18.2. The average Bonchev–Trinajstić information content (AvgIpc) is 3.16. The summed E-state index contributed by atoms with van der Waals surface area (Å²) >= 11 is 11.8. The van der Waals surface area contributed by atoms with E-state index in [-0.39, 0.29) is 11.4 Å². The van der Waals surface area contributed by atoms with Crippen LogP contribution in [0.3, 0.4) is 0 Å². The molecule has 0 spiro atoms. The number of imide groups is 1. The molecule has 0 aromatic heterocycles. The fraction of sp³-hybridized carbons (Fsp3) is 0.179. The Labute approximate surface area is 248 Å². The molecule has 1 N–H and O–H groups in total. The van der Waals surface area contributed by atoms with E-state index in [0.29, 0.717) is 45.5 Å². The van der Waals surface area contributed by atoms with Gasteiger partial charge >= 0.3 is 0 Å². The highest BCUT2D eigenvalue weighted by Crippen LogP contribution is 2.40. The first-order valence-corrected chi connectivity index (χ1v) is 15.0. The second-order valence-electron chi connectivity index (χ2n) is 8.23. The van der Waals surface area contributed by atoms with Gasteiger partial charge in [0, 0.05) is 15.6 Å². The molecule has 0 atom stereocenters. The number of carbonyl (C=O) groups excluding carboxylic acids is 3. The fourth-order valence-corrected chi connectivity index (χ4v) is 5.64. The predicted molar refractivity (Wildman–Crippen MR) is 161 cm³/mol. The van der Waals surface area contributed by atoms with E-state index in [1.165, 1.54) is 0 Å². The smallest absolute Gasteiger partial charge is 0.294 e. The van der Waals surface area contributed by atoms with Gasteiger partial charge in [0.25, 0.3) is 11.1 Å². The summed E-state index contributed by atoms with van der Waals surface area (Å²) in [5.74, 6) is 0.00738. The second kappa shape index (κ2) is 13.4. The number of amides is 3. The lowest BCUT2D eigenvalue weighted by Gasteiger charge is -2.15. The Morgan fingerprint density at radius 3 is 2.62 bits per heavy atom. The van der Waals surface area contributed by atoms with Crippen LogP contribution < -0.4 is 14.8 Å². The van der Waals surface area contributed by atoms with Gasteiger partial charge in [0.1, 0.15) is 13.2 Å². The van der Waals surface area contributed by atoms with Crippen LogP contribution in [-0.2, 0) is 16.2 Å². The molecule has 1 aliphatic rings. The molecule has 202 valence electrons. The zero-order valence-corrected chi connectivity index (χ0v) is 25.0. The van der Waals surface area contributed by atoms with Crippen molar-refractivity contribution in [3.05, 3.63) is 86.2 Å². The number of nitrogens with zero attached hydrogens (tertiary/aromatic N) is 1. The first-order chi connectivity index (χ1) is 18.8. The van der Waals surface area contributed by atoms with Crippen molar-refractivity contribution in [2.24, 2.45) is 0 Å². The zero-order valence-electron chi connectivity index (χ0n) is 21.0. The molecule has 3 aromatic carbocycles. The predicted octanol–water partition coefficient (Wildman–Crippen LogP) is 7.48. The van der Waals surface area contributed by atoms with Gasteiger partial charge in [-0.15, -0.1) is 11.8 Å². The molecular formula is C28H24BrClN2O5S2. The Balaban J connectivity index is 1.48. The van der Waals surface area contributed by atoms with Crippen LogP contribution in [0.4, 0.5) is 10.5 Å². The van der Waals surface area contributed by atoms with Gasteiger partial charge in [-0.25, -0.2) is 0 Å². The first-order valence-electron chi connectivity index (χ1n) is 11.8. The number of rotatable bonds is 10. The van der Waals surface area contributed by atoms with Crippen molar-refractivity contribution in [1.29, 1.82) is 0 Å². The van der Waals surface area contributed by atoms with E-state index in [9.17, 15) is 14.4 Å². The van der Waals surface area contributed by atoms with Crippen molar-refractivity contribution < 1.29 is 23.9 Å². The Kier molecular flexibility index (Phi) is 10.0. The number of anilines is 1. The fourth-order valence-electron chi connectivity index (χ4n) is 3.64. The Bertz CT molecular complexity index is 1430. The van der Waals surface area contributed by atoms with E-state index in [4.69, 9.17) is 21.1 Å². The van der Waals surface area contributed by atoms with Crippen LogP contribution in [0.1, 0.15) is 18.1 Å². The lowest BCUT2D eigenvalue weighted by atomic mass is 10.1. The summed E-state index contributed by atoms with van der Waals surface area (Å²) in [4.78, 5) is 40.3. The highest BCUT2D eigenvalue weighted by molar-refractivity contribution is 9.10. The van der Waals surface area contributed by atoms with Gasteiger partial charge < -0.3 is 14.8 Å². The largest absolute Gasteiger partial charge is 0.490 e. The number of ether oxygens (including phenoxy) is 2. The molecule has 0 bridgehead atoms. The molecule has 1 saturated heterocycles. The molecule has 7 nitrogen and oxygen atoms in total. The van der Waals surface area contributed by atoms with E-state index in [2.05, 4.69) is 21.2 Å². The molecule has 3 amide bonds. The lowest BCUT2D eigenvalue weighted by molar-refractivity contribution is -0.127. The molecule has 39 heavy (non-hydrogen) atoms. The number of hydrogen-bond donors (Lipinski definition) is 1. The van der Waals surface area contributed by atoms with E-state index < -0.39 is 17.1 Å². The molecule has 1 heterocycles.